The fourth-order valence-electron chi connectivity index (χ4n) is 2.82. The molecule has 2 rings (SSSR count). The highest BCUT2D eigenvalue weighted by Crippen LogP contribution is 2.25. The number of benzene rings is 1. The summed E-state index contributed by atoms with van der Waals surface area (Å²) in [5.41, 5.74) is 1.17. The molecule has 0 bridgehead atoms. The van der Waals surface area contributed by atoms with Crippen molar-refractivity contribution >= 4 is 17.6 Å². The van der Waals surface area contributed by atoms with Gasteiger partial charge in [-0.1, -0.05) is 29.8 Å². The Kier molecular flexibility index (Phi) is 6.69. The number of nitrogens with zero attached hydrogens (tertiary/aromatic N) is 2. The van der Waals surface area contributed by atoms with Crippen LogP contribution in [0.5, 0.6) is 0 Å². The van der Waals surface area contributed by atoms with Gasteiger partial charge in [-0.2, -0.15) is 0 Å². The van der Waals surface area contributed by atoms with E-state index in [2.05, 4.69) is 34.6 Å². The van der Waals surface area contributed by atoms with Gasteiger partial charge in [0.15, 0.2) is 5.96 Å². The molecule has 1 aliphatic rings. The topological polar surface area (TPSA) is 48.9 Å². The van der Waals surface area contributed by atoms with Crippen molar-refractivity contribution in [3.05, 3.63) is 34.9 Å². The molecule has 1 fully saturated rings. The first-order chi connectivity index (χ1) is 11.1. The molecule has 5 nitrogen and oxygen atoms in total. The molecule has 1 saturated heterocycles. The third-order valence-corrected chi connectivity index (χ3v) is 4.95. The first-order valence-corrected chi connectivity index (χ1v) is 8.38. The van der Waals surface area contributed by atoms with Crippen molar-refractivity contribution < 1.29 is 4.74 Å². The van der Waals surface area contributed by atoms with Gasteiger partial charge in [-0.15, -0.1) is 0 Å². The lowest BCUT2D eigenvalue weighted by Gasteiger charge is -2.43. The molecule has 0 aromatic heterocycles. The number of rotatable bonds is 5. The Labute approximate surface area is 144 Å². The van der Waals surface area contributed by atoms with Gasteiger partial charge in [0, 0.05) is 43.9 Å². The minimum absolute atomic E-state index is 0.111. The molecule has 0 unspecified atom stereocenters. The average molecular weight is 339 g/mol. The Morgan fingerprint density at radius 2 is 1.96 bits per heavy atom. The average Bonchev–Trinajstić information content (AvgIpc) is 2.57. The number of aliphatic imine (C=N–C) groups is 1. The van der Waals surface area contributed by atoms with E-state index >= 15 is 0 Å². The Morgan fingerprint density at radius 3 is 2.57 bits per heavy atom. The molecule has 0 radical (unpaired) electrons. The zero-order valence-electron chi connectivity index (χ0n) is 14.2. The molecule has 1 aliphatic heterocycles. The predicted octanol–water partition coefficient (Wildman–Crippen LogP) is 2.12. The zero-order chi connectivity index (χ0) is 16.7. The van der Waals surface area contributed by atoms with Crippen LogP contribution in [0, 0.1) is 0 Å². The summed E-state index contributed by atoms with van der Waals surface area (Å²) in [6.07, 6.45) is 2.04. The highest BCUT2D eigenvalue weighted by atomic mass is 35.5. The molecule has 0 atom stereocenters. The van der Waals surface area contributed by atoms with Crippen LogP contribution in [-0.2, 0) is 11.3 Å². The van der Waals surface area contributed by atoms with Crippen LogP contribution in [0.3, 0.4) is 0 Å². The van der Waals surface area contributed by atoms with Gasteiger partial charge >= 0.3 is 0 Å². The third-order valence-electron chi connectivity index (χ3n) is 4.58. The standard InChI is InChI=1S/C17H27ClN4O/c1-19-16(20-12-14-6-4-5-7-15(14)18)21-13-17(22(2)3)8-10-23-11-9-17/h4-7H,8-13H2,1-3H3,(H2,19,20,21). The molecule has 0 aliphatic carbocycles. The van der Waals surface area contributed by atoms with Crippen molar-refractivity contribution in [2.45, 2.75) is 24.9 Å². The lowest BCUT2D eigenvalue weighted by molar-refractivity contribution is -0.00501. The summed E-state index contributed by atoms with van der Waals surface area (Å²) in [5.74, 6) is 0.789. The highest BCUT2D eigenvalue weighted by molar-refractivity contribution is 6.31. The minimum atomic E-state index is 0.111. The quantitative estimate of drug-likeness (QED) is 0.638. The number of ether oxygens (including phenoxy) is 1. The molecule has 1 heterocycles. The maximum Gasteiger partial charge on any atom is 0.191 e. The lowest BCUT2D eigenvalue weighted by Crippen LogP contribution is -2.57. The van der Waals surface area contributed by atoms with Gasteiger partial charge in [-0.25, -0.2) is 0 Å². The van der Waals surface area contributed by atoms with Crippen molar-refractivity contribution in [3.8, 4) is 0 Å². The summed E-state index contributed by atoms with van der Waals surface area (Å²) < 4.78 is 5.51. The molecule has 128 valence electrons. The summed E-state index contributed by atoms with van der Waals surface area (Å²) in [4.78, 5) is 6.60. The van der Waals surface area contributed by atoms with Gasteiger partial charge in [0.1, 0.15) is 0 Å². The van der Waals surface area contributed by atoms with E-state index in [0.29, 0.717) is 6.54 Å². The molecular weight excluding hydrogens is 312 g/mol. The zero-order valence-corrected chi connectivity index (χ0v) is 15.0. The van der Waals surface area contributed by atoms with E-state index in [1.54, 1.807) is 7.05 Å². The van der Waals surface area contributed by atoms with Crippen LogP contribution in [0.25, 0.3) is 0 Å². The Morgan fingerprint density at radius 1 is 1.26 bits per heavy atom. The van der Waals surface area contributed by atoms with Crippen LogP contribution < -0.4 is 10.6 Å². The molecule has 0 amide bonds. The smallest absolute Gasteiger partial charge is 0.191 e. The summed E-state index contributed by atoms with van der Waals surface area (Å²) in [6.45, 7) is 3.11. The number of hydrogen-bond acceptors (Lipinski definition) is 3. The van der Waals surface area contributed by atoms with Gasteiger partial charge < -0.3 is 20.3 Å². The molecular formula is C17H27ClN4O. The second-order valence-electron chi connectivity index (χ2n) is 6.10. The maximum atomic E-state index is 6.19. The summed E-state index contributed by atoms with van der Waals surface area (Å²) >= 11 is 6.19. The molecule has 6 heteroatoms. The fraction of sp³-hybridized carbons (Fsp3) is 0.588. The molecule has 23 heavy (non-hydrogen) atoms. The highest BCUT2D eigenvalue weighted by Gasteiger charge is 2.34. The Hall–Kier alpha value is -1.30. The van der Waals surface area contributed by atoms with Crippen molar-refractivity contribution in [2.24, 2.45) is 4.99 Å². The summed E-state index contributed by atoms with van der Waals surface area (Å²) in [7, 11) is 6.05. The van der Waals surface area contributed by atoms with E-state index in [0.717, 1.165) is 49.1 Å². The van der Waals surface area contributed by atoms with E-state index < -0.39 is 0 Å². The fourth-order valence-corrected chi connectivity index (χ4v) is 3.03. The van der Waals surface area contributed by atoms with Gasteiger partial charge in [-0.05, 0) is 38.6 Å². The van der Waals surface area contributed by atoms with Gasteiger partial charge in [0.05, 0.1) is 0 Å². The summed E-state index contributed by atoms with van der Waals surface area (Å²) in [5, 5.41) is 7.54. The van der Waals surface area contributed by atoms with Crippen LogP contribution in [0.4, 0.5) is 0 Å². The van der Waals surface area contributed by atoms with E-state index in [1.165, 1.54) is 0 Å². The Bertz CT molecular complexity index is 527. The molecule has 1 aromatic carbocycles. The molecule has 0 spiro atoms. The van der Waals surface area contributed by atoms with Crippen LogP contribution in [0.1, 0.15) is 18.4 Å². The predicted molar refractivity (Wildman–Crippen MR) is 96.1 cm³/mol. The second kappa shape index (κ2) is 8.52. The van der Waals surface area contributed by atoms with E-state index in [4.69, 9.17) is 16.3 Å². The monoisotopic (exact) mass is 338 g/mol. The number of nitrogens with one attached hydrogen (secondary N) is 2. The number of likely N-dealkylation sites (N-methyl/N-ethyl adjacent to an activating group) is 1. The van der Waals surface area contributed by atoms with Gasteiger partial charge in [0.25, 0.3) is 0 Å². The van der Waals surface area contributed by atoms with Crippen molar-refractivity contribution in [3.63, 3.8) is 0 Å². The van der Waals surface area contributed by atoms with Gasteiger partial charge in [0.2, 0.25) is 0 Å². The van der Waals surface area contributed by atoms with Crippen LogP contribution >= 0.6 is 11.6 Å². The SMILES string of the molecule is CN=C(NCc1ccccc1Cl)NCC1(N(C)C)CCOCC1. The summed E-state index contributed by atoms with van der Waals surface area (Å²) in [6, 6.07) is 7.84. The van der Waals surface area contributed by atoms with Crippen molar-refractivity contribution in [2.75, 3.05) is 40.9 Å². The number of guanidine groups is 1. The lowest BCUT2D eigenvalue weighted by atomic mass is 9.88. The minimum Gasteiger partial charge on any atom is -0.381 e. The van der Waals surface area contributed by atoms with E-state index in [1.807, 2.05) is 24.3 Å². The van der Waals surface area contributed by atoms with Crippen molar-refractivity contribution in [1.29, 1.82) is 0 Å². The number of halogens is 1. The van der Waals surface area contributed by atoms with Crippen LogP contribution in [0.2, 0.25) is 5.02 Å². The van der Waals surface area contributed by atoms with E-state index in [-0.39, 0.29) is 5.54 Å². The largest absolute Gasteiger partial charge is 0.381 e. The first kappa shape index (κ1) is 18.0. The third kappa shape index (κ3) is 4.83. The Balaban J connectivity index is 1.90. The second-order valence-corrected chi connectivity index (χ2v) is 6.51. The van der Waals surface area contributed by atoms with Crippen molar-refractivity contribution in [1.82, 2.24) is 15.5 Å². The normalized spacial score (nSPS) is 18.0. The molecule has 0 saturated carbocycles. The van der Waals surface area contributed by atoms with Gasteiger partial charge in [-0.3, -0.25) is 4.99 Å². The molecule has 1 aromatic rings. The number of hydrogen-bond donors (Lipinski definition) is 2. The van der Waals surface area contributed by atoms with Crippen LogP contribution in [0.15, 0.2) is 29.3 Å². The molecule has 2 N–H and O–H groups in total. The van der Waals surface area contributed by atoms with E-state index in [9.17, 15) is 0 Å². The first-order valence-electron chi connectivity index (χ1n) is 8.00. The maximum absolute atomic E-state index is 6.19. The van der Waals surface area contributed by atoms with Crippen LogP contribution in [-0.4, -0.2) is 57.3 Å².